The number of hydrogen-bond acceptors (Lipinski definition) is 3. The van der Waals surface area contributed by atoms with Crippen molar-refractivity contribution in [3.63, 3.8) is 0 Å². The number of nitrogens with zero attached hydrogens (tertiary/aromatic N) is 1. The molecule has 2 atom stereocenters. The highest BCUT2D eigenvalue weighted by Crippen LogP contribution is 2.20. The van der Waals surface area contributed by atoms with E-state index in [1.807, 2.05) is 6.07 Å². The summed E-state index contributed by atoms with van der Waals surface area (Å²) < 4.78 is 5.30. The molecule has 0 amide bonds. The summed E-state index contributed by atoms with van der Waals surface area (Å²) in [5.41, 5.74) is 1.27. The van der Waals surface area contributed by atoms with Gasteiger partial charge in [-0.25, -0.2) is 0 Å². The molecule has 0 aliphatic heterocycles. The predicted octanol–water partition coefficient (Wildman–Crippen LogP) is 3.32. The fourth-order valence-corrected chi connectivity index (χ4v) is 2.57. The fraction of sp³-hybridized carbons (Fsp3) is 0.647. The summed E-state index contributed by atoms with van der Waals surface area (Å²) in [5, 5.41) is 3.75. The zero-order valence-corrected chi connectivity index (χ0v) is 13.8. The van der Waals surface area contributed by atoms with Gasteiger partial charge in [0.25, 0.3) is 0 Å². The van der Waals surface area contributed by atoms with E-state index in [0.717, 1.165) is 12.3 Å². The van der Waals surface area contributed by atoms with E-state index < -0.39 is 0 Å². The summed E-state index contributed by atoms with van der Waals surface area (Å²) in [4.78, 5) is 2.25. The first-order valence-electron chi connectivity index (χ1n) is 7.47. The Balaban J connectivity index is 2.70. The molecule has 2 unspecified atom stereocenters. The lowest BCUT2D eigenvalue weighted by molar-refractivity contribution is 0.290. The van der Waals surface area contributed by atoms with Crippen LogP contribution in [-0.2, 0) is 0 Å². The van der Waals surface area contributed by atoms with Gasteiger partial charge in [-0.3, -0.25) is 0 Å². The minimum absolute atomic E-state index is 0.328. The van der Waals surface area contributed by atoms with Gasteiger partial charge < -0.3 is 15.0 Å². The van der Waals surface area contributed by atoms with E-state index >= 15 is 0 Å². The van der Waals surface area contributed by atoms with Crippen LogP contribution in [0, 0.1) is 5.92 Å². The molecule has 0 aliphatic carbocycles. The molecule has 0 spiro atoms. The van der Waals surface area contributed by atoms with Gasteiger partial charge >= 0.3 is 0 Å². The van der Waals surface area contributed by atoms with Crippen LogP contribution in [0.3, 0.4) is 0 Å². The molecule has 0 aliphatic rings. The molecular weight excluding hydrogens is 248 g/mol. The molecule has 0 fully saturated rings. The minimum Gasteiger partial charge on any atom is -0.497 e. The lowest BCUT2D eigenvalue weighted by Gasteiger charge is -2.27. The molecule has 1 aromatic rings. The van der Waals surface area contributed by atoms with Crippen molar-refractivity contribution in [2.45, 2.75) is 39.3 Å². The number of benzene rings is 1. The van der Waals surface area contributed by atoms with Crippen molar-refractivity contribution in [3.8, 4) is 5.75 Å². The van der Waals surface area contributed by atoms with E-state index in [1.165, 1.54) is 12.0 Å². The molecule has 0 aromatic heterocycles. The molecule has 1 N–H and O–H groups in total. The van der Waals surface area contributed by atoms with Crippen LogP contribution in [-0.4, -0.2) is 38.7 Å². The number of methoxy groups -OCH3 is 1. The second kappa shape index (κ2) is 8.28. The zero-order chi connectivity index (χ0) is 15.1. The maximum Gasteiger partial charge on any atom is 0.119 e. The number of nitrogens with one attached hydrogen (secondary N) is 1. The topological polar surface area (TPSA) is 24.5 Å². The Labute approximate surface area is 124 Å². The normalized spacial score (nSPS) is 14.6. The monoisotopic (exact) mass is 278 g/mol. The highest BCUT2D eigenvalue weighted by atomic mass is 16.5. The van der Waals surface area contributed by atoms with E-state index in [-0.39, 0.29) is 0 Å². The van der Waals surface area contributed by atoms with Crippen LogP contribution in [0.4, 0.5) is 0 Å². The smallest absolute Gasteiger partial charge is 0.119 e. The Morgan fingerprint density at radius 2 is 1.90 bits per heavy atom. The summed E-state index contributed by atoms with van der Waals surface area (Å²) in [6.45, 7) is 7.84. The van der Waals surface area contributed by atoms with Gasteiger partial charge in [0.2, 0.25) is 0 Å². The van der Waals surface area contributed by atoms with Crippen LogP contribution < -0.4 is 10.1 Å². The van der Waals surface area contributed by atoms with Crippen molar-refractivity contribution in [2.75, 3.05) is 27.7 Å². The van der Waals surface area contributed by atoms with Gasteiger partial charge in [-0.1, -0.05) is 26.0 Å². The first-order valence-corrected chi connectivity index (χ1v) is 7.47. The van der Waals surface area contributed by atoms with Gasteiger partial charge in [0.15, 0.2) is 0 Å². The van der Waals surface area contributed by atoms with Crippen molar-refractivity contribution < 1.29 is 4.74 Å². The number of hydrogen-bond donors (Lipinski definition) is 1. The fourth-order valence-electron chi connectivity index (χ4n) is 2.57. The summed E-state index contributed by atoms with van der Waals surface area (Å²) >= 11 is 0. The number of rotatable bonds is 8. The van der Waals surface area contributed by atoms with Crippen molar-refractivity contribution in [3.05, 3.63) is 29.8 Å². The molecule has 0 heterocycles. The average molecular weight is 278 g/mol. The second-order valence-corrected chi connectivity index (χ2v) is 6.25. The van der Waals surface area contributed by atoms with E-state index in [9.17, 15) is 0 Å². The van der Waals surface area contributed by atoms with Crippen molar-refractivity contribution in [2.24, 2.45) is 5.92 Å². The molecule has 0 radical (unpaired) electrons. The Morgan fingerprint density at radius 3 is 2.45 bits per heavy atom. The van der Waals surface area contributed by atoms with Gasteiger partial charge in [-0.2, -0.15) is 0 Å². The Bertz CT molecular complexity index is 380. The second-order valence-electron chi connectivity index (χ2n) is 6.25. The van der Waals surface area contributed by atoms with Crippen LogP contribution in [0.25, 0.3) is 0 Å². The van der Waals surface area contributed by atoms with E-state index in [0.29, 0.717) is 18.0 Å². The molecule has 0 bridgehead atoms. The van der Waals surface area contributed by atoms with E-state index in [4.69, 9.17) is 4.74 Å². The van der Waals surface area contributed by atoms with Crippen LogP contribution in [0.1, 0.15) is 38.8 Å². The van der Waals surface area contributed by atoms with Gasteiger partial charge in [-0.05, 0) is 51.1 Å². The van der Waals surface area contributed by atoms with Gasteiger partial charge in [-0.15, -0.1) is 0 Å². The van der Waals surface area contributed by atoms with E-state index in [1.54, 1.807) is 7.11 Å². The summed E-state index contributed by atoms with van der Waals surface area (Å²) in [6, 6.07) is 9.14. The van der Waals surface area contributed by atoms with Gasteiger partial charge in [0.1, 0.15) is 5.75 Å². The maximum absolute atomic E-state index is 5.30. The van der Waals surface area contributed by atoms with Gasteiger partial charge in [0.05, 0.1) is 7.11 Å². The van der Waals surface area contributed by atoms with Crippen molar-refractivity contribution >= 4 is 0 Å². The highest BCUT2D eigenvalue weighted by molar-refractivity contribution is 5.30. The van der Waals surface area contributed by atoms with Crippen LogP contribution in [0.2, 0.25) is 0 Å². The maximum atomic E-state index is 5.30. The molecule has 1 aromatic carbocycles. The van der Waals surface area contributed by atoms with Crippen LogP contribution in [0.15, 0.2) is 24.3 Å². The first-order chi connectivity index (χ1) is 9.42. The Kier molecular flexibility index (Phi) is 7.03. The minimum atomic E-state index is 0.328. The average Bonchev–Trinajstić information content (AvgIpc) is 2.37. The quantitative estimate of drug-likeness (QED) is 0.789. The molecule has 114 valence electrons. The SMILES string of the molecule is COc1cccc(C(C)NC(CC(C)C)CN(C)C)c1. The molecule has 0 saturated carbocycles. The molecule has 3 heteroatoms. The third-order valence-corrected chi connectivity index (χ3v) is 3.42. The van der Waals surface area contributed by atoms with Gasteiger partial charge in [0, 0.05) is 18.6 Å². The number of ether oxygens (including phenoxy) is 1. The third-order valence-electron chi connectivity index (χ3n) is 3.42. The predicted molar refractivity (Wildman–Crippen MR) is 86.3 cm³/mol. The summed E-state index contributed by atoms with van der Waals surface area (Å²) in [6.07, 6.45) is 1.19. The van der Waals surface area contributed by atoms with Crippen molar-refractivity contribution in [1.82, 2.24) is 10.2 Å². The molecule has 1 rings (SSSR count). The number of likely N-dealkylation sites (N-methyl/N-ethyl adjacent to an activating group) is 1. The molecule has 3 nitrogen and oxygen atoms in total. The molecule has 0 saturated heterocycles. The Hall–Kier alpha value is -1.06. The first kappa shape index (κ1) is 17.0. The standard InChI is InChI=1S/C17H30N2O/c1-13(2)10-16(12-19(4)5)18-14(3)15-8-7-9-17(11-15)20-6/h7-9,11,13-14,16,18H,10,12H2,1-6H3. The molecular formula is C17H30N2O. The van der Waals surface area contributed by atoms with Crippen LogP contribution in [0.5, 0.6) is 5.75 Å². The highest BCUT2D eigenvalue weighted by Gasteiger charge is 2.16. The lowest BCUT2D eigenvalue weighted by atomic mass is 10.0. The summed E-state index contributed by atoms with van der Waals surface area (Å²) in [7, 11) is 5.97. The van der Waals surface area contributed by atoms with Crippen molar-refractivity contribution in [1.29, 1.82) is 0 Å². The third kappa shape index (κ3) is 5.93. The van der Waals surface area contributed by atoms with E-state index in [2.05, 4.69) is 63.3 Å². The van der Waals surface area contributed by atoms with Crippen LogP contribution >= 0.6 is 0 Å². The lowest BCUT2D eigenvalue weighted by Crippen LogP contribution is -2.40. The zero-order valence-electron chi connectivity index (χ0n) is 13.8. The largest absolute Gasteiger partial charge is 0.497 e. The Morgan fingerprint density at radius 1 is 1.20 bits per heavy atom. The summed E-state index contributed by atoms with van der Waals surface area (Å²) in [5.74, 6) is 1.62. The molecule has 20 heavy (non-hydrogen) atoms.